The number of anilines is 2. The highest BCUT2D eigenvalue weighted by Crippen LogP contribution is 2.23. The molecule has 3 N–H and O–H groups in total. The number of aromatic nitrogens is 2. The Labute approximate surface area is 205 Å². The van der Waals surface area contributed by atoms with Gasteiger partial charge >= 0.3 is 0 Å². The van der Waals surface area contributed by atoms with Gasteiger partial charge in [-0.25, -0.2) is 31.9 Å². The standard InChI is InChI=1S/C24H27N5O4S2/c25-34(30,31)22-11-7-19(8-12-22)5-6-20-17-26-24(27-18-20)28-21-9-13-23(14-10-21)35(32,33)29-15-3-1-2-4-16-29/h5-14,17-18H,1-4,15-16H2,(H2,25,30,31)(H,26,27,28)/b6-5+. The molecule has 1 aliphatic heterocycles. The predicted molar refractivity (Wildman–Crippen MR) is 136 cm³/mol. The largest absolute Gasteiger partial charge is 0.324 e. The summed E-state index contributed by atoms with van der Waals surface area (Å²) in [4.78, 5) is 8.92. The summed E-state index contributed by atoms with van der Waals surface area (Å²) >= 11 is 0. The van der Waals surface area contributed by atoms with Crippen LogP contribution in [0.25, 0.3) is 12.2 Å². The number of nitrogens with one attached hydrogen (secondary N) is 1. The van der Waals surface area contributed by atoms with Crippen molar-refractivity contribution >= 4 is 43.8 Å². The smallest absolute Gasteiger partial charge is 0.243 e. The summed E-state index contributed by atoms with van der Waals surface area (Å²) in [6, 6.07) is 12.8. The van der Waals surface area contributed by atoms with E-state index in [1.165, 1.54) is 12.1 Å². The number of rotatable bonds is 7. The molecule has 0 saturated carbocycles. The lowest BCUT2D eigenvalue weighted by Gasteiger charge is -2.20. The van der Waals surface area contributed by atoms with E-state index in [4.69, 9.17) is 5.14 Å². The Hall–Kier alpha value is -3.12. The Kier molecular flexibility index (Phi) is 7.60. The maximum absolute atomic E-state index is 12.9. The summed E-state index contributed by atoms with van der Waals surface area (Å²) in [5.41, 5.74) is 2.23. The average Bonchev–Trinajstić information content (AvgIpc) is 3.14. The Morgan fingerprint density at radius 1 is 0.743 bits per heavy atom. The van der Waals surface area contributed by atoms with Crippen LogP contribution in [0.4, 0.5) is 11.6 Å². The first-order chi connectivity index (χ1) is 16.7. The fraction of sp³-hybridized carbons (Fsp3) is 0.250. The molecule has 1 aromatic heterocycles. The molecule has 9 nitrogen and oxygen atoms in total. The molecule has 0 spiro atoms. The first-order valence-electron chi connectivity index (χ1n) is 11.2. The van der Waals surface area contributed by atoms with Crippen molar-refractivity contribution in [1.29, 1.82) is 0 Å². The molecule has 3 aromatic rings. The Morgan fingerprint density at radius 3 is 1.86 bits per heavy atom. The third-order valence-electron chi connectivity index (χ3n) is 5.66. The minimum Gasteiger partial charge on any atom is -0.324 e. The normalized spacial score (nSPS) is 15.7. The minimum atomic E-state index is -3.72. The third-order valence-corrected chi connectivity index (χ3v) is 8.50. The van der Waals surface area contributed by atoms with Crippen LogP contribution >= 0.6 is 0 Å². The van der Waals surface area contributed by atoms with E-state index < -0.39 is 20.0 Å². The van der Waals surface area contributed by atoms with Gasteiger partial charge in [-0.15, -0.1) is 0 Å². The molecule has 0 unspecified atom stereocenters. The fourth-order valence-electron chi connectivity index (χ4n) is 3.72. The Morgan fingerprint density at radius 2 is 1.29 bits per heavy atom. The van der Waals surface area contributed by atoms with Gasteiger partial charge in [-0.3, -0.25) is 0 Å². The van der Waals surface area contributed by atoms with Crippen LogP contribution in [0.1, 0.15) is 36.8 Å². The summed E-state index contributed by atoms with van der Waals surface area (Å²) in [6.45, 7) is 1.13. The second kappa shape index (κ2) is 10.6. The van der Waals surface area contributed by atoms with Crippen molar-refractivity contribution < 1.29 is 16.8 Å². The number of primary sulfonamides is 1. The molecule has 4 rings (SSSR count). The van der Waals surface area contributed by atoms with E-state index in [1.807, 2.05) is 6.08 Å². The molecule has 0 aliphatic carbocycles. The maximum atomic E-state index is 12.9. The number of benzene rings is 2. The minimum absolute atomic E-state index is 0.0565. The first-order valence-corrected chi connectivity index (χ1v) is 14.2. The van der Waals surface area contributed by atoms with Crippen molar-refractivity contribution in [3.63, 3.8) is 0 Å². The highest BCUT2D eigenvalue weighted by atomic mass is 32.2. The van der Waals surface area contributed by atoms with Crippen molar-refractivity contribution in [2.24, 2.45) is 5.14 Å². The topological polar surface area (TPSA) is 135 Å². The zero-order valence-corrected chi connectivity index (χ0v) is 20.7. The zero-order chi connectivity index (χ0) is 24.9. The van der Waals surface area contributed by atoms with E-state index in [-0.39, 0.29) is 9.79 Å². The van der Waals surface area contributed by atoms with Gasteiger partial charge in [0, 0.05) is 36.7 Å². The summed E-state index contributed by atoms with van der Waals surface area (Å²) in [5.74, 6) is 0.378. The molecule has 0 radical (unpaired) electrons. The van der Waals surface area contributed by atoms with E-state index in [2.05, 4.69) is 15.3 Å². The van der Waals surface area contributed by atoms with Crippen LogP contribution < -0.4 is 10.5 Å². The summed E-state index contributed by atoms with van der Waals surface area (Å²) in [6.07, 6.45) is 10.8. The van der Waals surface area contributed by atoms with E-state index >= 15 is 0 Å². The van der Waals surface area contributed by atoms with Crippen molar-refractivity contribution in [3.05, 3.63) is 72.1 Å². The second-order valence-corrected chi connectivity index (χ2v) is 11.8. The average molecular weight is 514 g/mol. The molecule has 0 amide bonds. The lowest BCUT2D eigenvalue weighted by Crippen LogP contribution is -2.31. The SMILES string of the molecule is NS(=O)(=O)c1ccc(/C=C/c2cnc(Nc3ccc(S(=O)(=O)N4CCCCCC4)cc3)nc2)cc1. The van der Waals surface area contributed by atoms with Gasteiger partial charge in [0.25, 0.3) is 0 Å². The zero-order valence-electron chi connectivity index (χ0n) is 19.0. The van der Waals surface area contributed by atoms with Crippen molar-refractivity contribution in [2.75, 3.05) is 18.4 Å². The van der Waals surface area contributed by atoms with Crippen molar-refractivity contribution in [2.45, 2.75) is 35.5 Å². The number of sulfonamides is 2. The van der Waals surface area contributed by atoms with Gasteiger partial charge in [0.05, 0.1) is 9.79 Å². The lowest BCUT2D eigenvalue weighted by atomic mass is 10.2. The predicted octanol–water partition coefficient (Wildman–Crippen LogP) is 3.60. The van der Waals surface area contributed by atoms with E-state index in [9.17, 15) is 16.8 Å². The molecule has 11 heteroatoms. The fourth-order valence-corrected chi connectivity index (χ4v) is 5.75. The molecule has 2 aromatic carbocycles. The molecule has 184 valence electrons. The number of nitrogens with zero attached hydrogens (tertiary/aromatic N) is 3. The second-order valence-electron chi connectivity index (χ2n) is 8.26. The number of hydrogen-bond donors (Lipinski definition) is 2. The van der Waals surface area contributed by atoms with E-state index in [0.717, 1.165) is 36.8 Å². The molecule has 0 bridgehead atoms. The van der Waals surface area contributed by atoms with Crippen molar-refractivity contribution in [1.82, 2.24) is 14.3 Å². The monoisotopic (exact) mass is 513 g/mol. The van der Waals surface area contributed by atoms with Crippen LogP contribution in [0, 0.1) is 0 Å². The highest BCUT2D eigenvalue weighted by molar-refractivity contribution is 7.89. The van der Waals surface area contributed by atoms with Crippen LogP contribution in [-0.4, -0.2) is 44.2 Å². The quantitative estimate of drug-likeness (QED) is 0.493. The van der Waals surface area contributed by atoms with Crippen LogP contribution in [0.5, 0.6) is 0 Å². The molecular formula is C24H27N5O4S2. The number of nitrogens with two attached hydrogens (primary N) is 1. The highest BCUT2D eigenvalue weighted by Gasteiger charge is 2.24. The van der Waals surface area contributed by atoms with E-state index in [1.54, 1.807) is 59.2 Å². The Bertz CT molecular complexity index is 1380. The molecule has 2 heterocycles. The first kappa shape index (κ1) is 25.0. The molecule has 1 aliphatic rings. The molecule has 0 atom stereocenters. The van der Waals surface area contributed by atoms with Crippen LogP contribution in [0.15, 0.2) is 70.7 Å². The van der Waals surface area contributed by atoms with Crippen LogP contribution in [0.2, 0.25) is 0 Å². The van der Waals surface area contributed by atoms with Crippen LogP contribution in [-0.2, 0) is 20.0 Å². The molecule has 1 saturated heterocycles. The van der Waals surface area contributed by atoms with E-state index in [0.29, 0.717) is 24.7 Å². The molecule has 1 fully saturated rings. The molecule has 35 heavy (non-hydrogen) atoms. The van der Waals surface area contributed by atoms with Gasteiger partial charge < -0.3 is 5.32 Å². The van der Waals surface area contributed by atoms with Gasteiger partial charge in [-0.2, -0.15) is 4.31 Å². The van der Waals surface area contributed by atoms with Gasteiger partial charge in [0.1, 0.15) is 0 Å². The Balaban J connectivity index is 1.38. The van der Waals surface area contributed by atoms with Gasteiger partial charge in [0.15, 0.2) is 0 Å². The number of hydrogen-bond acceptors (Lipinski definition) is 7. The lowest BCUT2D eigenvalue weighted by molar-refractivity contribution is 0.424. The third kappa shape index (κ3) is 6.51. The van der Waals surface area contributed by atoms with Crippen molar-refractivity contribution in [3.8, 4) is 0 Å². The summed E-state index contributed by atoms with van der Waals surface area (Å²) < 4.78 is 50.1. The van der Waals surface area contributed by atoms with Gasteiger partial charge in [0.2, 0.25) is 26.0 Å². The summed E-state index contributed by atoms with van der Waals surface area (Å²) in [5, 5.41) is 8.18. The summed E-state index contributed by atoms with van der Waals surface area (Å²) in [7, 11) is -7.21. The van der Waals surface area contributed by atoms with Gasteiger partial charge in [-0.05, 0) is 54.8 Å². The maximum Gasteiger partial charge on any atom is 0.243 e. The van der Waals surface area contributed by atoms with Crippen LogP contribution in [0.3, 0.4) is 0 Å². The molecular weight excluding hydrogens is 486 g/mol. The van der Waals surface area contributed by atoms with Gasteiger partial charge in [-0.1, -0.05) is 37.1 Å².